The second-order valence-corrected chi connectivity index (χ2v) is 14.9. The maximum Gasteiger partial charge on any atom is 0.137 e. The average molecular weight is 728 g/mol. The first kappa shape index (κ1) is 33.0. The minimum absolute atomic E-state index is 0.489. The van der Waals surface area contributed by atoms with Crippen LogP contribution in [-0.4, -0.2) is 0 Å². The highest BCUT2D eigenvalue weighted by molar-refractivity contribution is 6.07. The second kappa shape index (κ2) is 13.4. The van der Waals surface area contributed by atoms with E-state index in [-0.39, 0.29) is 0 Å². The smallest absolute Gasteiger partial charge is 0.137 e. The number of nitrogens with zero attached hydrogens (tertiary/aromatic N) is 1. The lowest BCUT2D eigenvalue weighted by molar-refractivity contribution is 0.665. The Morgan fingerprint density at radius 3 is 1.40 bits per heavy atom. The van der Waals surface area contributed by atoms with E-state index in [0.717, 1.165) is 50.1 Å². The summed E-state index contributed by atoms with van der Waals surface area (Å²) in [5, 5.41) is 2.20. The van der Waals surface area contributed by atoms with Crippen LogP contribution in [0.4, 0.5) is 17.1 Å². The zero-order valence-corrected chi connectivity index (χ0v) is 31.2. The molecule has 2 heteroatoms. The number of benzene rings is 9. The Labute approximate surface area is 332 Å². The van der Waals surface area contributed by atoms with Gasteiger partial charge in [-0.05, 0) is 104 Å². The fourth-order valence-electron chi connectivity index (χ4n) is 9.21. The van der Waals surface area contributed by atoms with E-state index in [1.54, 1.807) is 0 Å². The summed E-state index contributed by atoms with van der Waals surface area (Å²) in [4.78, 5) is 2.34. The molecule has 0 atom stereocenters. The van der Waals surface area contributed by atoms with Gasteiger partial charge in [0, 0.05) is 33.9 Å². The van der Waals surface area contributed by atoms with Crippen molar-refractivity contribution < 1.29 is 4.42 Å². The Morgan fingerprint density at radius 2 is 0.807 bits per heavy atom. The Hall–Kier alpha value is -7.42. The van der Waals surface area contributed by atoms with Gasteiger partial charge in [-0.2, -0.15) is 0 Å². The first-order valence-electron chi connectivity index (χ1n) is 19.6. The average Bonchev–Trinajstić information content (AvgIpc) is 3.81. The number of hydrogen-bond donors (Lipinski definition) is 0. The first-order chi connectivity index (χ1) is 28.3. The first-order valence-corrected chi connectivity index (χ1v) is 19.6. The van der Waals surface area contributed by atoms with E-state index < -0.39 is 5.41 Å². The topological polar surface area (TPSA) is 16.4 Å². The second-order valence-electron chi connectivity index (χ2n) is 14.9. The van der Waals surface area contributed by atoms with E-state index in [1.165, 1.54) is 44.5 Å². The Morgan fingerprint density at radius 1 is 0.316 bits per heavy atom. The molecule has 0 radical (unpaired) electrons. The molecule has 1 aliphatic carbocycles. The van der Waals surface area contributed by atoms with Crippen molar-refractivity contribution in [1.29, 1.82) is 0 Å². The van der Waals surface area contributed by atoms with E-state index >= 15 is 0 Å². The molecule has 0 spiro atoms. The third kappa shape index (κ3) is 5.33. The normalized spacial score (nSPS) is 12.7. The third-order valence-corrected chi connectivity index (χ3v) is 11.7. The highest BCUT2D eigenvalue weighted by atomic mass is 16.3. The van der Waals surface area contributed by atoms with Gasteiger partial charge in [0.15, 0.2) is 0 Å². The molecule has 10 aromatic rings. The number of anilines is 3. The van der Waals surface area contributed by atoms with Crippen LogP contribution in [0.15, 0.2) is 229 Å². The minimum atomic E-state index is -0.489. The minimum Gasteiger partial charge on any atom is -0.456 e. The van der Waals surface area contributed by atoms with Crippen LogP contribution >= 0.6 is 0 Å². The van der Waals surface area contributed by atoms with Gasteiger partial charge in [0.05, 0.1) is 5.41 Å². The molecule has 57 heavy (non-hydrogen) atoms. The van der Waals surface area contributed by atoms with Gasteiger partial charge < -0.3 is 9.32 Å². The molecule has 0 unspecified atom stereocenters. The van der Waals surface area contributed by atoms with Gasteiger partial charge in [-0.1, -0.05) is 170 Å². The van der Waals surface area contributed by atoms with Crippen molar-refractivity contribution in [1.82, 2.24) is 0 Å². The largest absolute Gasteiger partial charge is 0.456 e. The molecule has 0 aliphatic heterocycles. The summed E-state index contributed by atoms with van der Waals surface area (Å²) in [7, 11) is 0. The quantitative estimate of drug-likeness (QED) is 0.163. The Kier molecular flexibility index (Phi) is 7.75. The van der Waals surface area contributed by atoms with Crippen LogP contribution in [0.5, 0.6) is 0 Å². The van der Waals surface area contributed by atoms with Gasteiger partial charge in [0.2, 0.25) is 0 Å². The molecule has 0 amide bonds. The molecular weight excluding hydrogens is 691 g/mol. The fourth-order valence-corrected chi connectivity index (χ4v) is 9.21. The van der Waals surface area contributed by atoms with Gasteiger partial charge in [-0.15, -0.1) is 0 Å². The van der Waals surface area contributed by atoms with Gasteiger partial charge in [-0.3, -0.25) is 0 Å². The van der Waals surface area contributed by atoms with Crippen LogP contribution in [-0.2, 0) is 5.41 Å². The molecule has 1 aromatic heterocycles. The van der Waals surface area contributed by atoms with Crippen LogP contribution in [0.3, 0.4) is 0 Å². The molecule has 2 nitrogen and oxygen atoms in total. The number of para-hydroxylation sites is 1. The number of rotatable bonds is 7. The van der Waals surface area contributed by atoms with Gasteiger partial charge >= 0.3 is 0 Å². The molecule has 9 aromatic carbocycles. The van der Waals surface area contributed by atoms with Crippen molar-refractivity contribution in [2.75, 3.05) is 4.90 Å². The highest BCUT2D eigenvalue weighted by Gasteiger charge is 2.46. The summed E-state index contributed by atoms with van der Waals surface area (Å²) in [5.41, 5.74) is 16.6. The predicted molar refractivity (Wildman–Crippen MR) is 237 cm³/mol. The lowest BCUT2D eigenvalue weighted by Gasteiger charge is -2.33. The highest BCUT2D eigenvalue weighted by Crippen LogP contribution is 2.56. The lowest BCUT2D eigenvalue weighted by Crippen LogP contribution is -2.28. The van der Waals surface area contributed by atoms with Crippen LogP contribution in [0.2, 0.25) is 0 Å². The van der Waals surface area contributed by atoms with E-state index in [1.807, 2.05) is 0 Å². The predicted octanol–water partition coefficient (Wildman–Crippen LogP) is 14.8. The lowest BCUT2D eigenvalue weighted by atomic mass is 9.67. The Balaban J connectivity index is 1.10. The summed E-state index contributed by atoms with van der Waals surface area (Å²) in [6.07, 6.45) is 0. The number of furan rings is 1. The van der Waals surface area contributed by atoms with Crippen LogP contribution < -0.4 is 4.90 Å². The molecule has 0 saturated heterocycles. The zero-order valence-electron chi connectivity index (χ0n) is 31.2. The molecule has 1 aliphatic rings. The molecular formula is C55H37NO. The maximum atomic E-state index is 6.93. The molecule has 268 valence electrons. The summed E-state index contributed by atoms with van der Waals surface area (Å²) in [6, 6.07) is 81.0. The van der Waals surface area contributed by atoms with E-state index in [9.17, 15) is 0 Å². The fraction of sp³-hybridized carbons (Fsp3) is 0.0182. The van der Waals surface area contributed by atoms with Crippen molar-refractivity contribution >= 4 is 39.0 Å². The van der Waals surface area contributed by atoms with E-state index in [4.69, 9.17) is 4.42 Å². The summed E-state index contributed by atoms with van der Waals surface area (Å²) in [6.45, 7) is 0. The Bertz CT molecular complexity index is 2950. The SMILES string of the molecule is c1ccc(-c2cc(-c3ccccc3)cc(N(c3ccccc3)c3ccc4c(c3)oc3cc(C5(c6ccccc6)c6ccccc6-c6ccccc65)ccc34)c2)cc1. The molecule has 1 heterocycles. The van der Waals surface area contributed by atoms with Crippen LogP contribution in [0, 0.1) is 0 Å². The van der Waals surface area contributed by atoms with Crippen LogP contribution in [0.25, 0.3) is 55.3 Å². The van der Waals surface area contributed by atoms with Crippen molar-refractivity contribution in [2.45, 2.75) is 5.41 Å². The van der Waals surface area contributed by atoms with Crippen molar-refractivity contribution in [3.8, 4) is 33.4 Å². The monoisotopic (exact) mass is 727 g/mol. The van der Waals surface area contributed by atoms with Gasteiger partial charge in [-0.25, -0.2) is 0 Å². The maximum absolute atomic E-state index is 6.93. The van der Waals surface area contributed by atoms with Gasteiger partial charge in [0.25, 0.3) is 0 Å². The molecule has 0 bridgehead atoms. The van der Waals surface area contributed by atoms with E-state index in [0.29, 0.717) is 0 Å². The molecule has 0 saturated carbocycles. The summed E-state index contributed by atoms with van der Waals surface area (Å²) < 4.78 is 6.93. The standard InChI is InChI=1S/C55H37NO/c1-5-17-38(18-6-1)40-33-41(39-19-7-2-8-20-39)35-46(34-40)56(44-23-11-4-12-24-44)45-30-32-50-49-31-29-43(36-53(49)57-54(50)37-45)55(42-21-9-3-10-22-42)51-27-15-13-25-47(51)48-26-14-16-28-52(48)55/h1-37H. The molecule has 11 rings (SSSR count). The zero-order chi connectivity index (χ0) is 37.8. The molecule has 0 N–H and O–H groups in total. The number of hydrogen-bond acceptors (Lipinski definition) is 2. The third-order valence-electron chi connectivity index (χ3n) is 11.7. The van der Waals surface area contributed by atoms with Crippen molar-refractivity contribution in [3.63, 3.8) is 0 Å². The van der Waals surface area contributed by atoms with E-state index in [2.05, 4.69) is 229 Å². The summed E-state index contributed by atoms with van der Waals surface area (Å²) in [5.74, 6) is 0. The van der Waals surface area contributed by atoms with Crippen molar-refractivity contribution in [2.24, 2.45) is 0 Å². The van der Waals surface area contributed by atoms with Crippen molar-refractivity contribution in [3.05, 3.63) is 247 Å². The summed E-state index contributed by atoms with van der Waals surface area (Å²) >= 11 is 0. The van der Waals surface area contributed by atoms with Crippen LogP contribution in [0.1, 0.15) is 22.3 Å². The molecule has 0 fully saturated rings. The number of fused-ring (bicyclic) bond motifs is 6. The van der Waals surface area contributed by atoms with Gasteiger partial charge in [0.1, 0.15) is 11.2 Å².